The maximum Gasteiger partial charge on any atom is 0.251 e. The van der Waals surface area contributed by atoms with E-state index in [9.17, 15) is 9.59 Å². The summed E-state index contributed by atoms with van der Waals surface area (Å²) in [4.78, 5) is 29.0. The van der Waals surface area contributed by atoms with Crippen molar-refractivity contribution in [3.05, 3.63) is 48.0 Å². The van der Waals surface area contributed by atoms with E-state index in [2.05, 4.69) is 27.7 Å². The summed E-state index contributed by atoms with van der Waals surface area (Å²) in [6, 6.07) is 13.1. The molecule has 0 bridgehead atoms. The van der Waals surface area contributed by atoms with Crippen molar-refractivity contribution in [1.82, 2.24) is 25.5 Å². The molecule has 196 valence electrons. The zero-order chi connectivity index (χ0) is 26.2. The Bertz CT molecular complexity index is 1200. The maximum absolute atomic E-state index is 13.4. The van der Waals surface area contributed by atoms with Gasteiger partial charge in [0, 0.05) is 17.3 Å². The normalized spacial score (nSPS) is 13.7. The van der Waals surface area contributed by atoms with E-state index in [0.717, 1.165) is 37.7 Å². The zero-order valence-corrected chi connectivity index (χ0v) is 21.6. The predicted octanol–water partition coefficient (Wildman–Crippen LogP) is 3.40. The fourth-order valence-corrected chi connectivity index (χ4v) is 4.51. The molecule has 1 saturated carbocycles. The summed E-state index contributed by atoms with van der Waals surface area (Å²) in [6.07, 6.45) is 6.29. The third kappa shape index (κ3) is 6.63. The summed E-state index contributed by atoms with van der Waals surface area (Å²) in [5.41, 5.74) is 2.48. The summed E-state index contributed by atoms with van der Waals surface area (Å²) in [7, 11) is 3.12. The van der Waals surface area contributed by atoms with Crippen LogP contribution in [-0.2, 0) is 22.6 Å². The van der Waals surface area contributed by atoms with E-state index in [4.69, 9.17) is 9.47 Å². The van der Waals surface area contributed by atoms with Gasteiger partial charge >= 0.3 is 0 Å². The van der Waals surface area contributed by atoms with Gasteiger partial charge in [0.15, 0.2) is 11.5 Å². The number of tetrazole rings is 1. The standard InChI is InChI=1S/C27H34N6O4/c1-4-19-10-13-22(14-11-19)32(17-25(34)28-21-8-6-5-7-9-21)26(35)18-33-30-27(29-31-33)20-12-15-23(36-2)24(16-20)37-3/h10-16,21H,4-9,17-18H2,1-3H3,(H,28,34). The Morgan fingerprint density at radius 2 is 1.76 bits per heavy atom. The number of amides is 2. The lowest BCUT2D eigenvalue weighted by atomic mass is 9.95. The summed E-state index contributed by atoms with van der Waals surface area (Å²) < 4.78 is 10.6. The van der Waals surface area contributed by atoms with Crippen LogP contribution in [0.2, 0.25) is 0 Å². The lowest BCUT2D eigenvalue weighted by Crippen LogP contribution is -2.46. The maximum atomic E-state index is 13.4. The molecule has 37 heavy (non-hydrogen) atoms. The molecular formula is C27H34N6O4. The fourth-order valence-electron chi connectivity index (χ4n) is 4.51. The number of methoxy groups -OCH3 is 2. The van der Waals surface area contributed by atoms with Gasteiger partial charge < -0.3 is 19.7 Å². The van der Waals surface area contributed by atoms with Crippen LogP contribution in [-0.4, -0.2) is 58.8 Å². The minimum atomic E-state index is -0.306. The number of nitrogens with one attached hydrogen (secondary N) is 1. The van der Waals surface area contributed by atoms with Crippen LogP contribution in [0.1, 0.15) is 44.6 Å². The largest absolute Gasteiger partial charge is 0.493 e. The highest BCUT2D eigenvalue weighted by Gasteiger charge is 2.23. The van der Waals surface area contributed by atoms with Crippen LogP contribution in [0.25, 0.3) is 11.4 Å². The van der Waals surface area contributed by atoms with E-state index >= 15 is 0 Å². The first-order valence-corrected chi connectivity index (χ1v) is 12.7. The van der Waals surface area contributed by atoms with Gasteiger partial charge in [0.05, 0.1) is 14.2 Å². The Balaban J connectivity index is 1.50. The Morgan fingerprint density at radius 3 is 2.43 bits per heavy atom. The van der Waals surface area contributed by atoms with E-state index in [1.807, 2.05) is 24.3 Å². The van der Waals surface area contributed by atoms with Crippen LogP contribution in [0, 0.1) is 0 Å². The molecule has 0 spiro atoms. The van der Waals surface area contributed by atoms with Gasteiger partial charge in [-0.2, -0.15) is 4.80 Å². The number of ether oxygens (including phenoxy) is 2. The lowest BCUT2D eigenvalue weighted by Gasteiger charge is -2.26. The van der Waals surface area contributed by atoms with Crippen LogP contribution in [0.4, 0.5) is 5.69 Å². The molecule has 4 rings (SSSR count). The quantitative estimate of drug-likeness (QED) is 0.449. The molecule has 1 heterocycles. The van der Waals surface area contributed by atoms with Crippen LogP contribution >= 0.6 is 0 Å². The minimum absolute atomic E-state index is 0.0714. The number of aromatic nitrogens is 4. The van der Waals surface area contributed by atoms with Crippen molar-refractivity contribution in [3.8, 4) is 22.9 Å². The number of rotatable bonds is 10. The molecular weight excluding hydrogens is 472 g/mol. The highest BCUT2D eigenvalue weighted by atomic mass is 16.5. The van der Waals surface area contributed by atoms with Gasteiger partial charge in [-0.25, -0.2) is 0 Å². The molecule has 1 aromatic heterocycles. The van der Waals surface area contributed by atoms with Crippen molar-refractivity contribution in [2.75, 3.05) is 25.7 Å². The number of hydrogen-bond acceptors (Lipinski definition) is 7. The molecule has 1 N–H and O–H groups in total. The van der Waals surface area contributed by atoms with Crippen molar-refractivity contribution in [3.63, 3.8) is 0 Å². The lowest BCUT2D eigenvalue weighted by molar-refractivity contribution is -0.124. The first-order chi connectivity index (χ1) is 18.0. The van der Waals surface area contributed by atoms with Crippen molar-refractivity contribution in [2.45, 2.75) is 58.0 Å². The van der Waals surface area contributed by atoms with Crippen LogP contribution < -0.4 is 19.7 Å². The summed E-state index contributed by atoms with van der Waals surface area (Å²) in [6.45, 7) is 1.84. The monoisotopic (exact) mass is 506 g/mol. The molecule has 3 aromatic rings. The SMILES string of the molecule is CCc1ccc(N(CC(=O)NC2CCCCC2)C(=O)Cn2nnc(-c3ccc(OC)c(OC)c3)n2)cc1. The zero-order valence-electron chi connectivity index (χ0n) is 21.6. The molecule has 10 heteroatoms. The Hall–Kier alpha value is -3.95. The molecule has 0 unspecified atom stereocenters. The third-order valence-corrected chi connectivity index (χ3v) is 6.60. The summed E-state index contributed by atoms with van der Waals surface area (Å²) in [5, 5.41) is 15.6. The number of anilines is 1. The average Bonchev–Trinajstić information content (AvgIpc) is 3.40. The third-order valence-electron chi connectivity index (χ3n) is 6.60. The molecule has 0 radical (unpaired) electrons. The predicted molar refractivity (Wildman–Crippen MR) is 140 cm³/mol. The Labute approximate surface area is 216 Å². The number of carbonyl (C=O) groups is 2. The van der Waals surface area contributed by atoms with Gasteiger partial charge in [0.2, 0.25) is 11.7 Å². The minimum Gasteiger partial charge on any atom is -0.493 e. The van der Waals surface area contributed by atoms with Crippen LogP contribution in [0.5, 0.6) is 11.5 Å². The second kappa shape index (κ2) is 12.3. The van der Waals surface area contributed by atoms with Gasteiger partial charge in [-0.15, -0.1) is 10.2 Å². The van der Waals surface area contributed by atoms with Crippen molar-refractivity contribution in [1.29, 1.82) is 0 Å². The van der Waals surface area contributed by atoms with Gasteiger partial charge in [-0.3, -0.25) is 9.59 Å². The molecule has 2 aromatic carbocycles. The first-order valence-electron chi connectivity index (χ1n) is 12.7. The molecule has 2 amide bonds. The van der Waals surface area contributed by atoms with Gasteiger partial charge in [0.1, 0.15) is 13.1 Å². The van der Waals surface area contributed by atoms with E-state index < -0.39 is 0 Å². The molecule has 0 atom stereocenters. The van der Waals surface area contributed by atoms with E-state index in [1.54, 1.807) is 32.4 Å². The molecule has 1 aliphatic carbocycles. The first kappa shape index (κ1) is 26.1. The molecule has 0 saturated heterocycles. The molecule has 1 aliphatic rings. The van der Waals surface area contributed by atoms with Gasteiger partial charge in [0.25, 0.3) is 5.91 Å². The summed E-state index contributed by atoms with van der Waals surface area (Å²) >= 11 is 0. The van der Waals surface area contributed by atoms with Crippen LogP contribution in [0.3, 0.4) is 0 Å². The number of nitrogens with zero attached hydrogens (tertiary/aromatic N) is 5. The number of carbonyl (C=O) groups excluding carboxylic acids is 2. The van der Waals surface area contributed by atoms with Crippen molar-refractivity contribution in [2.24, 2.45) is 0 Å². The van der Waals surface area contributed by atoms with E-state index in [0.29, 0.717) is 28.6 Å². The number of benzene rings is 2. The van der Waals surface area contributed by atoms with Crippen molar-refractivity contribution < 1.29 is 19.1 Å². The molecule has 1 fully saturated rings. The fraction of sp³-hybridized carbons (Fsp3) is 0.444. The smallest absolute Gasteiger partial charge is 0.251 e. The van der Waals surface area contributed by atoms with Gasteiger partial charge in [-0.05, 0) is 60.4 Å². The van der Waals surface area contributed by atoms with Gasteiger partial charge in [-0.1, -0.05) is 38.3 Å². The van der Waals surface area contributed by atoms with E-state index in [1.165, 1.54) is 16.1 Å². The summed E-state index contributed by atoms with van der Waals surface area (Å²) in [5.74, 6) is 1.00. The van der Waals surface area contributed by atoms with Crippen LogP contribution in [0.15, 0.2) is 42.5 Å². The molecule has 0 aliphatic heterocycles. The van der Waals surface area contributed by atoms with Crippen molar-refractivity contribution >= 4 is 17.5 Å². The topological polar surface area (TPSA) is 111 Å². The Morgan fingerprint density at radius 1 is 1.03 bits per heavy atom. The highest BCUT2D eigenvalue weighted by molar-refractivity contribution is 5.98. The second-order valence-corrected chi connectivity index (χ2v) is 9.12. The Kier molecular flexibility index (Phi) is 8.71. The molecule has 10 nitrogen and oxygen atoms in total. The second-order valence-electron chi connectivity index (χ2n) is 9.12. The van der Waals surface area contributed by atoms with E-state index in [-0.39, 0.29) is 30.9 Å². The number of aryl methyl sites for hydroxylation is 1. The highest BCUT2D eigenvalue weighted by Crippen LogP contribution is 2.30. The average molecular weight is 507 g/mol. The number of hydrogen-bond donors (Lipinski definition) is 1.